The van der Waals surface area contributed by atoms with Crippen LogP contribution in [-0.4, -0.2) is 26.8 Å². The first-order valence-electron chi connectivity index (χ1n) is 5.13. The normalized spacial score (nSPS) is 19.8. The highest BCUT2D eigenvalue weighted by Gasteiger charge is 2.11. The maximum atomic E-state index is 5.02. The van der Waals surface area contributed by atoms with Gasteiger partial charge >= 0.3 is 0 Å². The topological polar surface area (TPSA) is 21.3 Å². The van der Waals surface area contributed by atoms with Gasteiger partial charge in [-0.1, -0.05) is 12.8 Å². The summed E-state index contributed by atoms with van der Waals surface area (Å²) in [5.41, 5.74) is 0. The highest BCUT2D eigenvalue weighted by molar-refractivity contribution is 4.68. The van der Waals surface area contributed by atoms with Crippen molar-refractivity contribution in [3.8, 4) is 0 Å². The molecule has 2 heteroatoms. The molecule has 12 heavy (non-hydrogen) atoms. The zero-order chi connectivity index (χ0) is 8.65. The minimum Gasteiger partial charge on any atom is -0.385 e. The van der Waals surface area contributed by atoms with Crippen LogP contribution in [0.5, 0.6) is 0 Å². The summed E-state index contributed by atoms with van der Waals surface area (Å²) in [5, 5.41) is 3.39. The Morgan fingerprint density at radius 3 is 2.67 bits per heavy atom. The standard InChI is InChI=1S/C10H21NO/c1-12-9-3-2-4-10-5-7-11-8-6-10/h10-11H,2-9H2,1H3. The largest absolute Gasteiger partial charge is 0.385 e. The number of hydrogen-bond acceptors (Lipinski definition) is 2. The van der Waals surface area contributed by atoms with Crippen molar-refractivity contribution in [3.63, 3.8) is 0 Å². The summed E-state index contributed by atoms with van der Waals surface area (Å²) in [7, 11) is 1.78. The summed E-state index contributed by atoms with van der Waals surface area (Å²) in [6.45, 7) is 3.40. The molecule has 0 amide bonds. The lowest BCUT2D eigenvalue weighted by atomic mass is 9.93. The van der Waals surface area contributed by atoms with E-state index in [4.69, 9.17) is 4.74 Å². The number of hydrogen-bond donors (Lipinski definition) is 1. The zero-order valence-electron chi connectivity index (χ0n) is 8.14. The highest BCUT2D eigenvalue weighted by Crippen LogP contribution is 2.18. The number of nitrogens with one attached hydrogen (secondary N) is 1. The van der Waals surface area contributed by atoms with Gasteiger partial charge in [-0.15, -0.1) is 0 Å². The number of methoxy groups -OCH3 is 1. The van der Waals surface area contributed by atoms with Crippen LogP contribution in [0, 0.1) is 5.92 Å². The fraction of sp³-hybridized carbons (Fsp3) is 1.00. The molecule has 2 nitrogen and oxygen atoms in total. The third kappa shape index (κ3) is 4.07. The molecule has 72 valence electrons. The Hall–Kier alpha value is -0.0800. The van der Waals surface area contributed by atoms with Crippen molar-refractivity contribution in [2.75, 3.05) is 26.8 Å². The van der Waals surface area contributed by atoms with Crippen molar-refractivity contribution in [3.05, 3.63) is 0 Å². The van der Waals surface area contributed by atoms with Crippen LogP contribution >= 0.6 is 0 Å². The Bertz CT molecular complexity index is 100. The van der Waals surface area contributed by atoms with Crippen molar-refractivity contribution in [2.45, 2.75) is 32.1 Å². The first kappa shape index (κ1) is 10.0. The molecule has 0 aromatic heterocycles. The molecule has 1 aliphatic rings. The molecule has 0 saturated carbocycles. The number of piperidine rings is 1. The smallest absolute Gasteiger partial charge is 0.0462 e. The molecule has 0 aromatic carbocycles. The Morgan fingerprint density at radius 1 is 1.25 bits per heavy atom. The average molecular weight is 171 g/mol. The van der Waals surface area contributed by atoms with Gasteiger partial charge in [-0.3, -0.25) is 0 Å². The summed E-state index contributed by atoms with van der Waals surface area (Å²) in [4.78, 5) is 0. The van der Waals surface area contributed by atoms with Crippen molar-refractivity contribution in [1.82, 2.24) is 5.32 Å². The summed E-state index contributed by atoms with van der Waals surface area (Å²) in [6.07, 6.45) is 6.75. The van der Waals surface area contributed by atoms with E-state index in [9.17, 15) is 0 Å². The maximum absolute atomic E-state index is 5.02. The molecule has 0 unspecified atom stereocenters. The minimum absolute atomic E-state index is 0.935. The van der Waals surface area contributed by atoms with Crippen molar-refractivity contribution in [2.24, 2.45) is 5.92 Å². The third-order valence-corrected chi connectivity index (χ3v) is 2.67. The zero-order valence-corrected chi connectivity index (χ0v) is 8.14. The van der Waals surface area contributed by atoms with Gasteiger partial charge in [-0.2, -0.15) is 0 Å². The van der Waals surface area contributed by atoms with Gasteiger partial charge in [0.2, 0.25) is 0 Å². The lowest BCUT2D eigenvalue weighted by molar-refractivity contribution is 0.188. The van der Waals surface area contributed by atoms with Gasteiger partial charge < -0.3 is 10.1 Å². The molecule has 1 rings (SSSR count). The van der Waals surface area contributed by atoms with Crippen LogP contribution in [-0.2, 0) is 4.74 Å². The summed E-state index contributed by atoms with van der Waals surface area (Å²) >= 11 is 0. The van der Waals surface area contributed by atoms with E-state index in [2.05, 4.69) is 5.32 Å². The number of unbranched alkanes of at least 4 members (excludes halogenated alkanes) is 1. The Morgan fingerprint density at radius 2 is 2.00 bits per heavy atom. The molecule has 0 aromatic rings. The van der Waals surface area contributed by atoms with Crippen LogP contribution in [0.4, 0.5) is 0 Å². The first-order chi connectivity index (χ1) is 5.93. The number of ether oxygens (including phenoxy) is 1. The second-order valence-electron chi connectivity index (χ2n) is 3.68. The molecule has 0 bridgehead atoms. The monoisotopic (exact) mass is 171 g/mol. The summed E-state index contributed by atoms with van der Waals surface area (Å²) in [6, 6.07) is 0. The SMILES string of the molecule is COCCCCC1CCNCC1. The van der Waals surface area contributed by atoms with E-state index in [1.165, 1.54) is 45.2 Å². The molecule has 0 aliphatic carbocycles. The minimum atomic E-state index is 0.935. The van der Waals surface area contributed by atoms with Gasteiger partial charge in [-0.05, 0) is 38.3 Å². The molecule has 1 N–H and O–H groups in total. The second kappa shape index (κ2) is 6.44. The van der Waals surface area contributed by atoms with Gasteiger partial charge in [0, 0.05) is 13.7 Å². The average Bonchev–Trinajstić information content (AvgIpc) is 2.14. The first-order valence-corrected chi connectivity index (χ1v) is 5.13. The fourth-order valence-corrected chi connectivity index (χ4v) is 1.85. The Balaban J connectivity index is 1.91. The molecule has 0 spiro atoms. The summed E-state index contributed by atoms with van der Waals surface area (Å²) in [5.74, 6) is 0.989. The highest BCUT2D eigenvalue weighted by atomic mass is 16.5. The van der Waals surface area contributed by atoms with Crippen LogP contribution in [0.3, 0.4) is 0 Å². The molecule has 0 radical (unpaired) electrons. The Labute approximate surface area is 75.7 Å². The molecule has 1 saturated heterocycles. The Kier molecular flexibility index (Phi) is 5.37. The lowest BCUT2D eigenvalue weighted by Gasteiger charge is -2.22. The molecule has 1 heterocycles. The maximum Gasteiger partial charge on any atom is 0.0462 e. The van der Waals surface area contributed by atoms with Gasteiger partial charge in [0.25, 0.3) is 0 Å². The van der Waals surface area contributed by atoms with E-state index < -0.39 is 0 Å². The predicted molar refractivity (Wildman–Crippen MR) is 51.3 cm³/mol. The van der Waals surface area contributed by atoms with E-state index in [0.717, 1.165) is 12.5 Å². The van der Waals surface area contributed by atoms with Crippen LogP contribution in [0.2, 0.25) is 0 Å². The van der Waals surface area contributed by atoms with Crippen molar-refractivity contribution in [1.29, 1.82) is 0 Å². The predicted octanol–water partition coefficient (Wildman–Crippen LogP) is 1.80. The van der Waals surface area contributed by atoms with E-state index in [0.29, 0.717) is 0 Å². The van der Waals surface area contributed by atoms with Crippen molar-refractivity contribution < 1.29 is 4.74 Å². The van der Waals surface area contributed by atoms with Crippen LogP contribution < -0.4 is 5.32 Å². The lowest BCUT2D eigenvalue weighted by Crippen LogP contribution is -2.27. The van der Waals surface area contributed by atoms with Crippen LogP contribution in [0.15, 0.2) is 0 Å². The molecule has 1 aliphatic heterocycles. The van der Waals surface area contributed by atoms with E-state index in [1.807, 2.05) is 0 Å². The van der Waals surface area contributed by atoms with E-state index in [1.54, 1.807) is 7.11 Å². The van der Waals surface area contributed by atoms with Crippen LogP contribution in [0.25, 0.3) is 0 Å². The quantitative estimate of drug-likeness (QED) is 0.637. The van der Waals surface area contributed by atoms with E-state index in [-0.39, 0.29) is 0 Å². The second-order valence-corrected chi connectivity index (χ2v) is 3.68. The molecular weight excluding hydrogens is 150 g/mol. The number of rotatable bonds is 5. The van der Waals surface area contributed by atoms with Crippen molar-refractivity contribution >= 4 is 0 Å². The molecular formula is C10H21NO. The molecule has 0 atom stereocenters. The van der Waals surface area contributed by atoms with E-state index >= 15 is 0 Å². The fourth-order valence-electron chi connectivity index (χ4n) is 1.85. The van der Waals surface area contributed by atoms with Gasteiger partial charge in [0.15, 0.2) is 0 Å². The third-order valence-electron chi connectivity index (χ3n) is 2.67. The van der Waals surface area contributed by atoms with Crippen LogP contribution in [0.1, 0.15) is 32.1 Å². The summed E-state index contributed by atoms with van der Waals surface area (Å²) < 4.78 is 5.02. The van der Waals surface area contributed by atoms with Gasteiger partial charge in [0.1, 0.15) is 0 Å². The van der Waals surface area contributed by atoms with Gasteiger partial charge in [0.05, 0.1) is 0 Å². The molecule has 1 fully saturated rings. The van der Waals surface area contributed by atoms with Gasteiger partial charge in [-0.25, -0.2) is 0 Å².